The van der Waals surface area contributed by atoms with Crippen molar-refractivity contribution >= 4 is 16.3 Å². The van der Waals surface area contributed by atoms with Crippen molar-refractivity contribution in [2.45, 2.75) is 0 Å². The molecule has 4 rings (SSSR count). The third-order valence-corrected chi connectivity index (χ3v) is 3.43. The zero-order valence-corrected chi connectivity index (χ0v) is 10.4. The Morgan fingerprint density at radius 2 is 2.21 bits per heavy atom. The molecule has 3 aromatic heterocycles. The van der Waals surface area contributed by atoms with Gasteiger partial charge in [0, 0.05) is 5.56 Å². The molecule has 0 atom stereocenters. The van der Waals surface area contributed by atoms with Crippen LogP contribution in [0.25, 0.3) is 21.9 Å². The standard InChI is InChI=1S/C11H7N7S/c1-2-8(4-9(3-1)18-6-12-15-16-18)10-5-17-11(14-10)19-7-13-17/h1-7H. The van der Waals surface area contributed by atoms with Crippen molar-refractivity contribution in [2.24, 2.45) is 0 Å². The van der Waals surface area contributed by atoms with E-state index in [1.54, 1.807) is 21.0 Å². The Labute approximate surface area is 111 Å². The molecule has 0 fully saturated rings. The summed E-state index contributed by atoms with van der Waals surface area (Å²) in [4.78, 5) is 5.40. The summed E-state index contributed by atoms with van der Waals surface area (Å²) in [5, 5.41) is 15.3. The molecule has 0 amide bonds. The van der Waals surface area contributed by atoms with Crippen LogP contribution in [0.15, 0.2) is 42.3 Å². The molecule has 0 radical (unpaired) electrons. The Bertz CT molecular complexity index is 801. The minimum atomic E-state index is 0.878. The monoisotopic (exact) mass is 269 g/mol. The second kappa shape index (κ2) is 3.95. The van der Waals surface area contributed by atoms with Gasteiger partial charge < -0.3 is 0 Å². The fourth-order valence-electron chi connectivity index (χ4n) is 1.87. The first-order chi connectivity index (χ1) is 9.40. The highest BCUT2D eigenvalue weighted by Gasteiger charge is 2.07. The van der Waals surface area contributed by atoms with Gasteiger partial charge in [-0.25, -0.2) is 14.2 Å². The van der Waals surface area contributed by atoms with Crippen LogP contribution in [-0.2, 0) is 0 Å². The van der Waals surface area contributed by atoms with E-state index in [-0.39, 0.29) is 0 Å². The van der Waals surface area contributed by atoms with Gasteiger partial charge in [-0.2, -0.15) is 5.10 Å². The maximum atomic E-state index is 4.52. The normalized spacial score (nSPS) is 11.2. The Morgan fingerprint density at radius 3 is 3.05 bits per heavy atom. The fraction of sp³-hybridized carbons (Fsp3) is 0. The highest BCUT2D eigenvalue weighted by molar-refractivity contribution is 7.14. The Morgan fingerprint density at radius 1 is 1.21 bits per heavy atom. The van der Waals surface area contributed by atoms with E-state index in [0.717, 1.165) is 21.9 Å². The number of fused-ring (bicyclic) bond motifs is 1. The van der Waals surface area contributed by atoms with Crippen LogP contribution in [0.2, 0.25) is 0 Å². The van der Waals surface area contributed by atoms with E-state index < -0.39 is 0 Å². The van der Waals surface area contributed by atoms with Crippen molar-refractivity contribution < 1.29 is 0 Å². The van der Waals surface area contributed by atoms with Crippen molar-refractivity contribution in [3.8, 4) is 16.9 Å². The molecule has 0 saturated heterocycles. The third-order valence-electron chi connectivity index (χ3n) is 2.74. The van der Waals surface area contributed by atoms with Gasteiger partial charge in [-0.05, 0) is 22.6 Å². The highest BCUT2D eigenvalue weighted by Crippen LogP contribution is 2.22. The Kier molecular flexibility index (Phi) is 2.15. The SMILES string of the molecule is c1cc(-c2cn3ncsc3n2)cc(-n2cnnn2)c1. The van der Waals surface area contributed by atoms with E-state index in [9.17, 15) is 0 Å². The number of hydrogen-bond acceptors (Lipinski definition) is 6. The van der Waals surface area contributed by atoms with Gasteiger partial charge in [0.05, 0.1) is 17.6 Å². The maximum Gasteiger partial charge on any atom is 0.212 e. The summed E-state index contributed by atoms with van der Waals surface area (Å²) < 4.78 is 3.38. The molecule has 0 N–H and O–H groups in total. The summed E-state index contributed by atoms with van der Waals surface area (Å²) in [7, 11) is 0. The zero-order valence-electron chi connectivity index (χ0n) is 9.58. The number of benzene rings is 1. The molecule has 92 valence electrons. The average Bonchev–Trinajstić information content (AvgIpc) is 3.15. The number of tetrazole rings is 1. The van der Waals surface area contributed by atoms with Crippen molar-refractivity contribution in [3.05, 3.63) is 42.3 Å². The van der Waals surface area contributed by atoms with E-state index in [0.29, 0.717) is 0 Å². The van der Waals surface area contributed by atoms with Crippen LogP contribution in [-0.4, -0.2) is 34.8 Å². The van der Waals surface area contributed by atoms with Crippen LogP contribution < -0.4 is 0 Å². The van der Waals surface area contributed by atoms with Gasteiger partial charge in [0.25, 0.3) is 0 Å². The molecule has 0 saturated carbocycles. The largest absolute Gasteiger partial charge is 0.217 e. The highest BCUT2D eigenvalue weighted by atomic mass is 32.1. The predicted octanol–water partition coefficient (Wildman–Crippen LogP) is 1.43. The van der Waals surface area contributed by atoms with E-state index in [1.807, 2.05) is 30.5 Å². The van der Waals surface area contributed by atoms with Crippen LogP contribution >= 0.6 is 11.3 Å². The lowest BCUT2D eigenvalue weighted by Crippen LogP contribution is -1.95. The van der Waals surface area contributed by atoms with Crippen LogP contribution in [0.1, 0.15) is 0 Å². The van der Waals surface area contributed by atoms with Gasteiger partial charge in [0.2, 0.25) is 4.96 Å². The van der Waals surface area contributed by atoms with Gasteiger partial charge in [-0.1, -0.05) is 23.5 Å². The molecule has 0 aliphatic heterocycles. The second-order valence-electron chi connectivity index (χ2n) is 3.90. The molecule has 0 aliphatic carbocycles. The van der Waals surface area contributed by atoms with E-state index in [4.69, 9.17) is 0 Å². The quantitative estimate of drug-likeness (QED) is 0.550. The van der Waals surface area contributed by atoms with Crippen LogP contribution in [0.3, 0.4) is 0 Å². The summed E-state index contributed by atoms with van der Waals surface area (Å²) in [6.45, 7) is 0. The van der Waals surface area contributed by atoms with Crippen molar-refractivity contribution in [1.82, 2.24) is 34.8 Å². The molecule has 0 bridgehead atoms. The predicted molar refractivity (Wildman–Crippen MR) is 69.0 cm³/mol. The van der Waals surface area contributed by atoms with E-state index >= 15 is 0 Å². The molecular weight excluding hydrogens is 262 g/mol. The lowest BCUT2D eigenvalue weighted by atomic mass is 10.1. The molecule has 19 heavy (non-hydrogen) atoms. The summed E-state index contributed by atoms with van der Waals surface area (Å²) in [5.41, 5.74) is 4.55. The average molecular weight is 269 g/mol. The van der Waals surface area contributed by atoms with Gasteiger partial charge >= 0.3 is 0 Å². The summed E-state index contributed by atoms with van der Waals surface area (Å²) in [5.74, 6) is 0. The van der Waals surface area contributed by atoms with E-state index in [2.05, 4.69) is 25.6 Å². The third kappa shape index (κ3) is 1.69. The molecular formula is C11H7N7S. The lowest BCUT2D eigenvalue weighted by Gasteiger charge is -2.01. The smallest absolute Gasteiger partial charge is 0.212 e. The molecule has 0 spiro atoms. The summed E-state index contributed by atoms with van der Waals surface area (Å²) in [6, 6.07) is 7.88. The Hall–Kier alpha value is -2.61. The molecule has 8 heteroatoms. The number of imidazole rings is 1. The molecule has 0 aliphatic rings. The number of nitrogens with zero attached hydrogens (tertiary/aromatic N) is 7. The van der Waals surface area contributed by atoms with Crippen molar-refractivity contribution in [1.29, 1.82) is 0 Å². The minimum absolute atomic E-state index is 0.878. The first-order valence-electron chi connectivity index (χ1n) is 5.53. The summed E-state index contributed by atoms with van der Waals surface area (Å²) >= 11 is 1.51. The maximum absolute atomic E-state index is 4.52. The first-order valence-corrected chi connectivity index (χ1v) is 6.41. The second-order valence-corrected chi connectivity index (χ2v) is 4.71. The van der Waals surface area contributed by atoms with Crippen molar-refractivity contribution in [3.63, 3.8) is 0 Å². The first kappa shape index (κ1) is 10.3. The topological polar surface area (TPSA) is 73.8 Å². The number of aromatic nitrogens is 7. The molecule has 3 heterocycles. The fourth-order valence-corrected chi connectivity index (χ4v) is 2.47. The number of hydrogen-bond donors (Lipinski definition) is 0. The Balaban J connectivity index is 1.83. The molecule has 1 aromatic carbocycles. The number of rotatable bonds is 2. The van der Waals surface area contributed by atoms with Gasteiger partial charge in [0.1, 0.15) is 11.8 Å². The van der Waals surface area contributed by atoms with Crippen LogP contribution in [0.5, 0.6) is 0 Å². The molecule has 0 unspecified atom stereocenters. The van der Waals surface area contributed by atoms with Gasteiger partial charge in [-0.15, -0.1) is 5.10 Å². The van der Waals surface area contributed by atoms with Crippen LogP contribution in [0, 0.1) is 0 Å². The van der Waals surface area contributed by atoms with Gasteiger partial charge in [0.15, 0.2) is 0 Å². The van der Waals surface area contributed by atoms with Crippen LogP contribution in [0.4, 0.5) is 0 Å². The minimum Gasteiger partial charge on any atom is -0.217 e. The van der Waals surface area contributed by atoms with Gasteiger partial charge in [-0.3, -0.25) is 0 Å². The lowest BCUT2D eigenvalue weighted by molar-refractivity contribution is 0.789. The van der Waals surface area contributed by atoms with Crippen molar-refractivity contribution in [2.75, 3.05) is 0 Å². The molecule has 4 aromatic rings. The zero-order chi connectivity index (χ0) is 12.7. The molecule has 7 nitrogen and oxygen atoms in total. The van der Waals surface area contributed by atoms with E-state index in [1.165, 1.54) is 11.3 Å². The summed E-state index contributed by atoms with van der Waals surface area (Å²) in [6.07, 6.45) is 3.47.